The Morgan fingerprint density at radius 3 is 2.52 bits per heavy atom. The van der Waals surface area contributed by atoms with Crippen LogP contribution in [0.3, 0.4) is 0 Å². The molecule has 21 heavy (non-hydrogen) atoms. The number of hydrogen-bond donors (Lipinski definition) is 2. The molecular formula is C16H27N3O2. The van der Waals surface area contributed by atoms with Crippen molar-refractivity contribution in [2.45, 2.75) is 46.2 Å². The first-order valence-electron chi connectivity index (χ1n) is 7.40. The average molecular weight is 293 g/mol. The number of benzene rings is 1. The third kappa shape index (κ3) is 4.63. The van der Waals surface area contributed by atoms with Gasteiger partial charge in [0.25, 0.3) is 0 Å². The van der Waals surface area contributed by atoms with Crippen molar-refractivity contribution in [3.63, 3.8) is 0 Å². The summed E-state index contributed by atoms with van der Waals surface area (Å²) in [5, 5.41) is 2.89. The lowest BCUT2D eigenvalue weighted by atomic mass is 10.1. The summed E-state index contributed by atoms with van der Waals surface area (Å²) in [5.41, 5.74) is 7.05. The van der Waals surface area contributed by atoms with Gasteiger partial charge in [0, 0.05) is 12.1 Å². The van der Waals surface area contributed by atoms with Crippen LogP contribution in [0.4, 0.5) is 11.4 Å². The van der Waals surface area contributed by atoms with Crippen LogP contribution in [0.15, 0.2) is 18.2 Å². The molecule has 1 aromatic carbocycles. The second kappa shape index (κ2) is 7.88. The van der Waals surface area contributed by atoms with Crippen LogP contribution >= 0.6 is 0 Å². The van der Waals surface area contributed by atoms with Gasteiger partial charge >= 0.3 is 0 Å². The van der Waals surface area contributed by atoms with Gasteiger partial charge in [-0.2, -0.15) is 0 Å². The lowest BCUT2D eigenvalue weighted by Gasteiger charge is -2.31. The topological polar surface area (TPSA) is 67.6 Å². The number of nitrogens with two attached hydrogens (primary N) is 1. The maximum atomic E-state index is 12.4. The number of ether oxygens (including phenoxy) is 1. The average Bonchev–Trinajstić information content (AvgIpc) is 2.45. The molecule has 1 rings (SSSR count). The lowest BCUT2D eigenvalue weighted by molar-refractivity contribution is -0.121. The van der Waals surface area contributed by atoms with E-state index in [1.165, 1.54) is 0 Å². The van der Waals surface area contributed by atoms with Gasteiger partial charge in [0.1, 0.15) is 5.75 Å². The molecule has 0 saturated carbocycles. The molecule has 1 amide bonds. The first kappa shape index (κ1) is 17.3. The first-order chi connectivity index (χ1) is 9.90. The number of carbonyl (C=O) groups is 1. The van der Waals surface area contributed by atoms with Gasteiger partial charge in [-0.25, -0.2) is 0 Å². The zero-order valence-corrected chi connectivity index (χ0v) is 13.6. The van der Waals surface area contributed by atoms with Gasteiger partial charge in [0.15, 0.2) is 0 Å². The molecule has 1 aromatic rings. The minimum absolute atomic E-state index is 0.0472. The number of hydrogen-bond acceptors (Lipinski definition) is 4. The van der Waals surface area contributed by atoms with Crippen LogP contribution in [0.1, 0.15) is 34.1 Å². The minimum atomic E-state index is -0.202. The Morgan fingerprint density at radius 2 is 2.05 bits per heavy atom. The van der Waals surface area contributed by atoms with Gasteiger partial charge in [0.2, 0.25) is 5.91 Å². The van der Waals surface area contributed by atoms with E-state index in [4.69, 9.17) is 10.5 Å². The largest absolute Gasteiger partial charge is 0.497 e. The fraction of sp³-hybridized carbons (Fsp3) is 0.562. The van der Waals surface area contributed by atoms with Gasteiger partial charge < -0.3 is 15.8 Å². The zero-order valence-electron chi connectivity index (χ0n) is 13.6. The Morgan fingerprint density at radius 1 is 1.38 bits per heavy atom. The van der Waals surface area contributed by atoms with E-state index in [2.05, 4.69) is 31.0 Å². The van der Waals surface area contributed by atoms with Crippen LogP contribution in [0.5, 0.6) is 5.75 Å². The molecule has 1 atom stereocenters. The van der Waals surface area contributed by atoms with E-state index in [1.807, 2.05) is 6.92 Å². The van der Waals surface area contributed by atoms with Crippen LogP contribution in [0, 0.1) is 0 Å². The van der Waals surface area contributed by atoms with Crippen molar-refractivity contribution in [1.29, 1.82) is 0 Å². The van der Waals surface area contributed by atoms with Crippen molar-refractivity contribution in [3.8, 4) is 5.75 Å². The Bertz CT molecular complexity index is 475. The van der Waals surface area contributed by atoms with Crippen molar-refractivity contribution in [3.05, 3.63) is 18.2 Å². The number of anilines is 2. The molecule has 0 spiro atoms. The van der Waals surface area contributed by atoms with Crippen molar-refractivity contribution in [1.82, 2.24) is 4.90 Å². The smallest absolute Gasteiger partial charge is 0.241 e. The second-order valence-electron chi connectivity index (χ2n) is 5.45. The lowest BCUT2D eigenvalue weighted by Crippen LogP contribution is -2.46. The van der Waals surface area contributed by atoms with Crippen LogP contribution in [-0.2, 0) is 4.79 Å². The van der Waals surface area contributed by atoms with E-state index in [1.54, 1.807) is 25.3 Å². The number of nitrogens with zero attached hydrogens (tertiary/aromatic N) is 1. The second-order valence-corrected chi connectivity index (χ2v) is 5.45. The summed E-state index contributed by atoms with van der Waals surface area (Å²) >= 11 is 0. The molecule has 0 radical (unpaired) electrons. The molecule has 5 heteroatoms. The zero-order chi connectivity index (χ0) is 16.0. The Kier molecular flexibility index (Phi) is 6.49. The molecular weight excluding hydrogens is 266 g/mol. The summed E-state index contributed by atoms with van der Waals surface area (Å²) in [4.78, 5) is 14.6. The first-order valence-corrected chi connectivity index (χ1v) is 7.40. The normalized spacial score (nSPS) is 12.5. The fourth-order valence-electron chi connectivity index (χ4n) is 2.33. The molecule has 0 fully saturated rings. The van der Waals surface area contributed by atoms with Crippen molar-refractivity contribution in [2.75, 3.05) is 24.7 Å². The summed E-state index contributed by atoms with van der Waals surface area (Å²) in [5.74, 6) is 0.627. The number of nitrogen functional groups attached to an aromatic ring is 1. The van der Waals surface area contributed by atoms with Gasteiger partial charge in [-0.1, -0.05) is 6.92 Å². The number of methoxy groups -OCH3 is 1. The monoisotopic (exact) mass is 293 g/mol. The van der Waals surface area contributed by atoms with Crippen LogP contribution in [0.2, 0.25) is 0 Å². The summed E-state index contributed by atoms with van der Waals surface area (Å²) in [6.07, 6.45) is 1.01. The number of carbonyl (C=O) groups excluding carboxylic acids is 1. The molecule has 1 unspecified atom stereocenters. The van der Waals surface area contributed by atoms with Crippen molar-refractivity contribution >= 4 is 17.3 Å². The molecule has 0 saturated heterocycles. The quantitative estimate of drug-likeness (QED) is 0.759. The summed E-state index contributed by atoms with van der Waals surface area (Å²) in [7, 11) is 1.58. The highest BCUT2D eigenvalue weighted by Gasteiger charge is 2.23. The summed E-state index contributed by atoms with van der Waals surface area (Å²) < 4.78 is 5.10. The van der Waals surface area contributed by atoms with Crippen LogP contribution in [-0.4, -0.2) is 36.5 Å². The Balaban J connectivity index is 2.80. The molecule has 0 aliphatic heterocycles. The summed E-state index contributed by atoms with van der Waals surface area (Å²) in [6.45, 7) is 9.12. The standard InChI is InChI=1S/C16H27N3O2/c1-6-9-19(11(2)3)12(4)16(20)18-15-8-7-13(21-5)10-14(15)17/h7-8,10-12H,6,9,17H2,1-5H3,(H,18,20). The maximum Gasteiger partial charge on any atom is 0.241 e. The molecule has 3 N–H and O–H groups in total. The number of nitrogens with one attached hydrogen (secondary N) is 1. The van der Waals surface area contributed by atoms with Gasteiger partial charge in [-0.05, 0) is 45.9 Å². The van der Waals surface area contributed by atoms with Crippen LogP contribution < -0.4 is 15.8 Å². The SMILES string of the molecule is CCCN(C(C)C)C(C)C(=O)Nc1ccc(OC)cc1N. The van der Waals surface area contributed by atoms with E-state index in [9.17, 15) is 4.79 Å². The predicted molar refractivity (Wildman–Crippen MR) is 87.6 cm³/mol. The third-order valence-corrected chi connectivity index (χ3v) is 3.54. The molecule has 5 nitrogen and oxygen atoms in total. The molecule has 118 valence electrons. The van der Waals surface area contributed by atoms with E-state index in [0.717, 1.165) is 13.0 Å². The molecule has 0 aromatic heterocycles. The highest BCUT2D eigenvalue weighted by Crippen LogP contribution is 2.24. The van der Waals surface area contributed by atoms with E-state index >= 15 is 0 Å². The number of rotatable bonds is 7. The molecule has 0 heterocycles. The van der Waals surface area contributed by atoms with Gasteiger partial charge in [0.05, 0.1) is 24.5 Å². The fourth-order valence-corrected chi connectivity index (χ4v) is 2.33. The highest BCUT2D eigenvalue weighted by atomic mass is 16.5. The third-order valence-electron chi connectivity index (χ3n) is 3.54. The van der Waals surface area contributed by atoms with E-state index in [0.29, 0.717) is 23.2 Å². The Labute approximate surface area is 127 Å². The highest BCUT2D eigenvalue weighted by molar-refractivity contribution is 5.97. The van der Waals surface area contributed by atoms with Gasteiger partial charge in [-0.3, -0.25) is 9.69 Å². The molecule has 0 aliphatic rings. The van der Waals surface area contributed by atoms with Gasteiger partial charge in [-0.15, -0.1) is 0 Å². The minimum Gasteiger partial charge on any atom is -0.497 e. The van der Waals surface area contributed by atoms with Crippen molar-refractivity contribution in [2.24, 2.45) is 0 Å². The summed E-state index contributed by atoms with van der Waals surface area (Å²) in [6, 6.07) is 5.36. The van der Waals surface area contributed by atoms with Crippen LogP contribution in [0.25, 0.3) is 0 Å². The van der Waals surface area contributed by atoms with Crippen molar-refractivity contribution < 1.29 is 9.53 Å². The van der Waals surface area contributed by atoms with E-state index in [-0.39, 0.29) is 11.9 Å². The van der Waals surface area contributed by atoms with E-state index < -0.39 is 0 Å². The molecule has 0 bridgehead atoms. The number of amides is 1. The maximum absolute atomic E-state index is 12.4. The molecule has 0 aliphatic carbocycles. The Hall–Kier alpha value is -1.75. The predicted octanol–water partition coefficient (Wildman–Crippen LogP) is 2.72.